The molecule has 1 amide bonds. The van der Waals surface area contributed by atoms with Gasteiger partial charge in [-0.05, 0) is 67.6 Å². The Balaban J connectivity index is 1.75. The molecule has 3 aromatic rings. The van der Waals surface area contributed by atoms with Gasteiger partial charge in [-0.3, -0.25) is 9.10 Å². The van der Waals surface area contributed by atoms with E-state index >= 15 is 0 Å². The van der Waals surface area contributed by atoms with E-state index in [0.29, 0.717) is 23.7 Å². The van der Waals surface area contributed by atoms with Crippen LogP contribution in [0.3, 0.4) is 0 Å². The van der Waals surface area contributed by atoms with Crippen molar-refractivity contribution in [1.29, 1.82) is 0 Å². The van der Waals surface area contributed by atoms with Crippen LogP contribution in [-0.2, 0) is 21.2 Å². The molecule has 0 radical (unpaired) electrons. The van der Waals surface area contributed by atoms with Crippen molar-refractivity contribution in [2.24, 2.45) is 0 Å². The number of benzene rings is 3. The molecular formula is C25H27ClN2O3S. The monoisotopic (exact) mass is 470 g/mol. The lowest BCUT2D eigenvalue weighted by Gasteiger charge is -2.26. The number of halogens is 1. The molecule has 0 aliphatic carbocycles. The molecule has 0 aromatic heterocycles. The van der Waals surface area contributed by atoms with Crippen molar-refractivity contribution in [2.45, 2.75) is 31.6 Å². The van der Waals surface area contributed by atoms with Crippen LogP contribution in [0.25, 0.3) is 0 Å². The van der Waals surface area contributed by atoms with Gasteiger partial charge in [-0.1, -0.05) is 60.1 Å². The van der Waals surface area contributed by atoms with E-state index in [-0.39, 0.29) is 17.3 Å². The third-order valence-corrected chi connectivity index (χ3v) is 7.51. The van der Waals surface area contributed by atoms with Crippen LogP contribution in [0.1, 0.15) is 23.1 Å². The quantitative estimate of drug-likeness (QED) is 0.452. The molecule has 0 spiro atoms. The van der Waals surface area contributed by atoms with Gasteiger partial charge in [0, 0.05) is 11.6 Å². The standard InChI is InChI=1S/C25H27ClN2O3S/c1-19-10-8-16-24(20(19)2)28(32(30,31)22-13-4-3-5-14-22)18-25(29)27-17-9-12-21-11-6-7-15-23(21)26/h3-8,10-11,13-16H,9,12,17-18H2,1-2H3,(H,27,29). The molecule has 1 N–H and O–H groups in total. The Kier molecular flexibility index (Phi) is 7.94. The number of anilines is 1. The topological polar surface area (TPSA) is 66.5 Å². The van der Waals surface area contributed by atoms with E-state index in [1.807, 2.05) is 44.2 Å². The van der Waals surface area contributed by atoms with Crippen LogP contribution >= 0.6 is 11.6 Å². The highest BCUT2D eigenvalue weighted by molar-refractivity contribution is 7.92. The van der Waals surface area contributed by atoms with Crippen molar-refractivity contribution in [1.82, 2.24) is 5.32 Å². The lowest BCUT2D eigenvalue weighted by molar-refractivity contribution is -0.119. The van der Waals surface area contributed by atoms with Gasteiger partial charge in [-0.15, -0.1) is 0 Å². The summed E-state index contributed by atoms with van der Waals surface area (Å²) in [5.41, 5.74) is 3.29. The number of sulfonamides is 1. The summed E-state index contributed by atoms with van der Waals surface area (Å²) in [4.78, 5) is 12.9. The van der Waals surface area contributed by atoms with Crippen LogP contribution in [0.5, 0.6) is 0 Å². The van der Waals surface area contributed by atoms with Crippen LogP contribution in [-0.4, -0.2) is 27.4 Å². The molecule has 0 unspecified atom stereocenters. The second kappa shape index (κ2) is 10.7. The largest absolute Gasteiger partial charge is 0.355 e. The first-order chi connectivity index (χ1) is 15.3. The van der Waals surface area contributed by atoms with Crippen molar-refractivity contribution in [3.8, 4) is 0 Å². The van der Waals surface area contributed by atoms with Crippen molar-refractivity contribution in [3.05, 3.63) is 94.5 Å². The fourth-order valence-corrected chi connectivity index (χ4v) is 5.15. The molecule has 3 rings (SSSR count). The number of carbonyl (C=O) groups is 1. The highest BCUT2D eigenvalue weighted by Gasteiger charge is 2.28. The fourth-order valence-electron chi connectivity index (χ4n) is 3.42. The lowest BCUT2D eigenvalue weighted by atomic mass is 10.1. The highest BCUT2D eigenvalue weighted by Crippen LogP contribution is 2.28. The van der Waals surface area contributed by atoms with Gasteiger partial charge < -0.3 is 5.32 Å². The van der Waals surface area contributed by atoms with Gasteiger partial charge >= 0.3 is 0 Å². The third kappa shape index (κ3) is 5.69. The van der Waals surface area contributed by atoms with E-state index in [9.17, 15) is 13.2 Å². The summed E-state index contributed by atoms with van der Waals surface area (Å²) >= 11 is 6.18. The Morgan fingerprint density at radius 1 is 0.938 bits per heavy atom. The normalized spacial score (nSPS) is 11.2. The fraction of sp³-hybridized carbons (Fsp3) is 0.240. The molecular weight excluding hydrogens is 444 g/mol. The molecule has 0 aliphatic rings. The molecule has 5 nitrogen and oxygen atoms in total. The van der Waals surface area contributed by atoms with E-state index in [0.717, 1.165) is 23.1 Å². The van der Waals surface area contributed by atoms with Crippen LogP contribution in [0.4, 0.5) is 5.69 Å². The van der Waals surface area contributed by atoms with Gasteiger partial charge in [0.25, 0.3) is 10.0 Å². The summed E-state index contributed by atoms with van der Waals surface area (Å²) in [5.74, 6) is -0.357. The van der Waals surface area contributed by atoms with Gasteiger partial charge in [0.15, 0.2) is 0 Å². The SMILES string of the molecule is Cc1cccc(N(CC(=O)NCCCc2ccccc2Cl)S(=O)(=O)c2ccccc2)c1C. The second-order valence-corrected chi connectivity index (χ2v) is 9.86. The lowest BCUT2D eigenvalue weighted by Crippen LogP contribution is -2.41. The predicted molar refractivity (Wildman–Crippen MR) is 130 cm³/mol. The van der Waals surface area contributed by atoms with Gasteiger partial charge in [-0.2, -0.15) is 0 Å². The minimum atomic E-state index is -3.91. The summed E-state index contributed by atoms with van der Waals surface area (Å²) < 4.78 is 28.0. The van der Waals surface area contributed by atoms with Crippen LogP contribution in [0.2, 0.25) is 5.02 Å². The van der Waals surface area contributed by atoms with E-state index in [2.05, 4.69) is 5.32 Å². The molecule has 0 atom stereocenters. The summed E-state index contributed by atoms with van der Waals surface area (Å²) in [5, 5.41) is 3.54. The Bertz CT molecular complexity index is 1180. The van der Waals surface area contributed by atoms with Crippen molar-refractivity contribution < 1.29 is 13.2 Å². The summed E-state index contributed by atoms with van der Waals surface area (Å²) in [7, 11) is -3.91. The van der Waals surface area contributed by atoms with Crippen molar-refractivity contribution in [2.75, 3.05) is 17.4 Å². The maximum Gasteiger partial charge on any atom is 0.264 e. The zero-order chi connectivity index (χ0) is 23.1. The number of rotatable bonds is 9. The Labute approximate surface area is 195 Å². The zero-order valence-corrected chi connectivity index (χ0v) is 19.8. The van der Waals surface area contributed by atoms with Crippen molar-refractivity contribution >= 4 is 33.2 Å². The van der Waals surface area contributed by atoms with Crippen LogP contribution in [0, 0.1) is 13.8 Å². The molecule has 0 aliphatic heterocycles. The van der Waals surface area contributed by atoms with Gasteiger partial charge in [-0.25, -0.2) is 8.42 Å². The Hall–Kier alpha value is -2.83. The molecule has 0 fully saturated rings. The first-order valence-electron chi connectivity index (χ1n) is 10.4. The molecule has 0 bridgehead atoms. The zero-order valence-electron chi connectivity index (χ0n) is 18.2. The smallest absolute Gasteiger partial charge is 0.264 e. The summed E-state index contributed by atoms with van der Waals surface area (Å²) in [6, 6.07) is 21.2. The number of nitrogens with one attached hydrogen (secondary N) is 1. The average molecular weight is 471 g/mol. The molecule has 0 saturated carbocycles. The first kappa shape index (κ1) is 23.8. The van der Waals surface area contributed by atoms with E-state index in [4.69, 9.17) is 11.6 Å². The predicted octanol–water partition coefficient (Wildman–Crippen LogP) is 4.90. The molecule has 7 heteroatoms. The Morgan fingerprint density at radius 2 is 1.62 bits per heavy atom. The van der Waals surface area contributed by atoms with Crippen LogP contribution in [0.15, 0.2) is 77.7 Å². The van der Waals surface area contributed by atoms with Crippen LogP contribution < -0.4 is 9.62 Å². The van der Waals surface area contributed by atoms with Gasteiger partial charge in [0.05, 0.1) is 10.6 Å². The number of nitrogens with zero attached hydrogens (tertiary/aromatic N) is 1. The maximum absolute atomic E-state index is 13.4. The van der Waals surface area contributed by atoms with E-state index in [1.165, 1.54) is 16.4 Å². The number of amides is 1. The van der Waals surface area contributed by atoms with E-state index in [1.54, 1.807) is 30.3 Å². The molecule has 168 valence electrons. The molecule has 3 aromatic carbocycles. The first-order valence-corrected chi connectivity index (χ1v) is 12.3. The number of aryl methyl sites for hydroxylation is 2. The minimum Gasteiger partial charge on any atom is -0.355 e. The maximum atomic E-state index is 13.4. The molecule has 32 heavy (non-hydrogen) atoms. The van der Waals surface area contributed by atoms with Crippen molar-refractivity contribution in [3.63, 3.8) is 0 Å². The summed E-state index contributed by atoms with van der Waals surface area (Å²) in [6.45, 7) is 3.91. The van der Waals surface area contributed by atoms with Gasteiger partial charge in [0.2, 0.25) is 5.91 Å². The Morgan fingerprint density at radius 3 is 2.34 bits per heavy atom. The number of hydrogen-bond acceptors (Lipinski definition) is 3. The molecule has 0 heterocycles. The third-order valence-electron chi connectivity index (χ3n) is 5.37. The number of carbonyl (C=O) groups excluding carboxylic acids is 1. The summed E-state index contributed by atoms with van der Waals surface area (Å²) in [6.07, 6.45) is 1.42. The average Bonchev–Trinajstić information content (AvgIpc) is 2.79. The highest BCUT2D eigenvalue weighted by atomic mass is 35.5. The van der Waals surface area contributed by atoms with Gasteiger partial charge in [0.1, 0.15) is 6.54 Å². The minimum absolute atomic E-state index is 0.146. The van der Waals surface area contributed by atoms with E-state index < -0.39 is 10.0 Å². The molecule has 0 saturated heterocycles. The number of hydrogen-bond donors (Lipinski definition) is 1. The second-order valence-electron chi connectivity index (χ2n) is 7.59.